The molecular weight excluding hydrogens is 346 g/mol. The summed E-state index contributed by atoms with van der Waals surface area (Å²) in [5, 5.41) is 0. The summed E-state index contributed by atoms with van der Waals surface area (Å²) in [6, 6.07) is 3.73. The Labute approximate surface area is 153 Å². The number of hydrogen-bond acceptors (Lipinski definition) is 3. The quantitative estimate of drug-likeness (QED) is 0.522. The van der Waals surface area contributed by atoms with Crippen LogP contribution in [0.5, 0.6) is 11.5 Å². The van der Waals surface area contributed by atoms with Gasteiger partial charge in [0, 0.05) is 11.9 Å². The van der Waals surface area contributed by atoms with Crippen molar-refractivity contribution in [3.8, 4) is 11.5 Å². The lowest BCUT2D eigenvalue weighted by atomic mass is 9.96. The van der Waals surface area contributed by atoms with Gasteiger partial charge >= 0.3 is 0 Å². The molecule has 0 aromatic heterocycles. The molecule has 6 heteroatoms. The Kier molecular flexibility index (Phi) is 8.27. The number of halogens is 1. The minimum atomic E-state index is -1.20. The number of nitrogens with one attached hydrogen (secondary N) is 1. The Morgan fingerprint density at radius 2 is 1.88 bits per heavy atom. The third kappa shape index (κ3) is 5.50. The van der Waals surface area contributed by atoms with Crippen molar-refractivity contribution in [2.24, 2.45) is 0 Å². The largest absolute Gasteiger partial charge is 0.493 e. The summed E-state index contributed by atoms with van der Waals surface area (Å²) in [5.74, 6) is 1.80. The van der Waals surface area contributed by atoms with Gasteiger partial charge < -0.3 is 9.47 Å². The van der Waals surface area contributed by atoms with E-state index >= 15 is 0 Å². The number of ether oxygens (including phenoxy) is 2. The van der Waals surface area contributed by atoms with Crippen LogP contribution in [-0.2, 0) is 17.4 Å². The highest BCUT2D eigenvalue weighted by Gasteiger charge is 2.25. The van der Waals surface area contributed by atoms with Gasteiger partial charge in [-0.05, 0) is 56.9 Å². The Hall–Kier alpha value is -1.04. The van der Waals surface area contributed by atoms with E-state index in [-0.39, 0.29) is 10.8 Å². The van der Waals surface area contributed by atoms with Crippen LogP contribution in [0.2, 0.25) is 0 Å². The predicted molar refractivity (Wildman–Crippen MR) is 103 cm³/mol. The van der Waals surface area contributed by atoms with Crippen LogP contribution in [0.4, 0.5) is 0 Å². The van der Waals surface area contributed by atoms with Crippen LogP contribution >= 0.6 is 11.6 Å². The summed E-state index contributed by atoms with van der Waals surface area (Å²) in [6.45, 7) is 9.65. The SMILES string of the molecule is C=CC[C@H](N[S@](=O)C(C)(C)C)c1cc(OC)c(OC)cc1CCCl. The molecule has 1 N–H and O–H groups in total. The summed E-state index contributed by atoms with van der Waals surface area (Å²) in [6.07, 6.45) is 3.15. The molecule has 4 nitrogen and oxygen atoms in total. The molecule has 0 bridgehead atoms. The smallest absolute Gasteiger partial charge is 0.161 e. The number of rotatable bonds is 9. The summed E-state index contributed by atoms with van der Waals surface area (Å²) in [5.41, 5.74) is 2.05. The molecule has 0 radical (unpaired) electrons. The molecule has 0 saturated carbocycles. The van der Waals surface area contributed by atoms with Crippen molar-refractivity contribution in [3.05, 3.63) is 35.9 Å². The predicted octanol–water partition coefficient (Wildman–Crippen LogP) is 4.15. The summed E-state index contributed by atoms with van der Waals surface area (Å²) in [7, 11) is 2.01. The zero-order valence-corrected chi connectivity index (χ0v) is 16.7. The third-order valence-corrected chi connectivity index (χ3v) is 5.39. The van der Waals surface area contributed by atoms with Gasteiger partial charge in [-0.25, -0.2) is 8.93 Å². The molecule has 0 saturated heterocycles. The fourth-order valence-corrected chi connectivity index (χ4v) is 3.33. The highest BCUT2D eigenvalue weighted by atomic mass is 35.5. The fourth-order valence-electron chi connectivity index (χ4n) is 2.29. The van der Waals surface area contributed by atoms with Gasteiger partial charge in [0.25, 0.3) is 0 Å². The second-order valence-corrected chi connectivity index (χ2v) is 8.80. The Bertz CT molecular complexity index is 584. The van der Waals surface area contributed by atoms with Gasteiger partial charge in [0.05, 0.1) is 30.0 Å². The summed E-state index contributed by atoms with van der Waals surface area (Å²) in [4.78, 5) is 0. The van der Waals surface area contributed by atoms with Crippen LogP contribution in [0.1, 0.15) is 44.4 Å². The highest BCUT2D eigenvalue weighted by molar-refractivity contribution is 7.84. The topological polar surface area (TPSA) is 47.6 Å². The van der Waals surface area contributed by atoms with Crippen LogP contribution in [0.25, 0.3) is 0 Å². The second kappa shape index (κ2) is 9.44. The van der Waals surface area contributed by atoms with Crippen LogP contribution < -0.4 is 14.2 Å². The first-order valence-electron chi connectivity index (χ1n) is 7.88. The standard InChI is InChI=1S/C18H28ClNO3S/c1-7-8-15(20-24(21)18(2,3)4)14-12-17(23-6)16(22-5)11-13(14)9-10-19/h7,11-12,15,20H,1,8-10H2,2-6H3/t15-,24+/m0/s1. The van der Waals surface area contributed by atoms with Crippen molar-refractivity contribution >= 4 is 22.6 Å². The highest BCUT2D eigenvalue weighted by Crippen LogP contribution is 2.35. The molecule has 24 heavy (non-hydrogen) atoms. The first kappa shape index (κ1) is 21.0. The number of aryl methyl sites for hydroxylation is 1. The van der Waals surface area contributed by atoms with E-state index in [2.05, 4.69) is 11.3 Å². The zero-order valence-electron chi connectivity index (χ0n) is 15.1. The first-order chi connectivity index (χ1) is 11.3. The maximum absolute atomic E-state index is 12.6. The van der Waals surface area contributed by atoms with E-state index < -0.39 is 11.0 Å². The van der Waals surface area contributed by atoms with E-state index in [9.17, 15) is 4.21 Å². The summed E-state index contributed by atoms with van der Waals surface area (Å²) < 4.78 is 26.2. The van der Waals surface area contributed by atoms with E-state index in [0.717, 1.165) is 11.1 Å². The van der Waals surface area contributed by atoms with Gasteiger partial charge in [0.15, 0.2) is 11.5 Å². The molecule has 0 amide bonds. The van der Waals surface area contributed by atoms with E-state index in [4.69, 9.17) is 21.1 Å². The lowest BCUT2D eigenvalue weighted by molar-refractivity contribution is 0.353. The van der Waals surface area contributed by atoms with E-state index in [1.807, 2.05) is 39.0 Å². The van der Waals surface area contributed by atoms with Gasteiger partial charge in [-0.15, -0.1) is 18.2 Å². The average Bonchev–Trinajstić information content (AvgIpc) is 2.53. The Morgan fingerprint density at radius 1 is 1.29 bits per heavy atom. The van der Waals surface area contributed by atoms with Crippen LogP contribution in [0.3, 0.4) is 0 Å². The fraction of sp³-hybridized carbons (Fsp3) is 0.556. The van der Waals surface area contributed by atoms with Gasteiger partial charge in [-0.1, -0.05) is 6.08 Å². The molecule has 0 unspecified atom stereocenters. The van der Waals surface area contributed by atoms with Crippen LogP contribution in [-0.4, -0.2) is 29.1 Å². The van der Waals surface area contributed by atoms with Crippen molar-refractivity contribution in [1.29, 1.82) is 0 Å². The molecule has 1 aromatic carbocycles. The number of hydrogen-bond donors (Lipinski definition) is 1. The van der Waals surface area contributed by atoms with Crippen molar-refractivity contribution in [3.63, 3.8) is 0 Å². The van der Waals surface area contributed by atoms with E-state index in [1.54, 1.807) is 14.2 Å². The molecule has 0 aliphatic carbocycles. The molecule has 0 aliphatic rings. The van der Waals surface area contributed by atoms with Gasteiger partial charge in [-0.3, -0.25) is 0 Å². The first-order valence-corrected chi connectivity index (χ1v) is 9.56. The minimum absolute atomic E-state index is 0.138. The molecular formula is C18H28ClNO3S. The van der Waals surface area contributed by atoms with Gasteiger partial charge in [0.1, 0.15) is 0 Å². The van der Waals surface area contributed by atoms with Gasteiger partial charge in [0.2, 0.25) is 0 Å². The molecule has 0 heterocycles. The normalized spacial score (nSPS) is 14.1. The number of methoxy groups -OCH3 is 2. The molecule has 136 valence electrons. The van der Waals surface area contributed by atoms with Crippen LogP contribution in [0, 0.1) is 0 Å². The molecule has 1 aromatic rings. The maximum atomic E-state index is 12.6. The number of benzene rings is 1. The third-order valence-electron chi connectivity index (χ3n) is 3.59. The lowest BCUT2D eigenvalue weighted by Gasteiger charge is -2.26. The maximum Gasteiger partial charge on any atom is 0.161 e. The van der Waals surface area contributed by atoms with Crippen molar-refractivity contribution in [1.82, 2.24) is 4.72 Å². The molecule has 0 fully saturated rings. The van der Waals surface area contributed by atoms with Crippen molar-refractivity contribution in [2.45, 2.75) is 44.4 Å². The zero-order chi connectivity index (χ0) is 18.3. The van der Waals surface area contributed by atoms with Crippen LogP contribution in [0.15, 0.2) is 24.8 Å². The molecule has 2 atom stereocenters. The van der Waals surface area contributed by atoms with Gasteiger partial charge in [-0.2, -0.15) is 0 Å². The van der Waals surface area contributed by atoms with E-state index in [1.165, 1.54) is 0 Å². The molecule has 0 aliphatic heterocycles. The average molecular weight is 374 g/mol. The lowest BCUT2D eigenvalue weighted by Crippen LogP contribution is -2.36. The van der Waals surface area contributed by atoms with Crippen molar-refractivity contribution in [2.75, 3.05) is 20.1 Å². The number of alkyl halides is 1. The molecule has 1 rings (SSSR count). The van der Waals surface area contributed by atoms with E-state index in [0.29, 0.717) is 30.2 Å². The van der Waals surface area contributed by atoms with Crippen molar-refractivity contribution < 1.29 is 13.7 Å². The Morgan fingerprint density at radius 3 is 2.33 bits per heavy atom. The monoisotopic (exact) mass is 373 g/mol. The Balaban J connectivity index is 3.34. The summed E-state index contributed by atoms with van der Waals surface area (Å²) >= 11 is 5.96. The second-order valence-electron chi connectivity index (χ2n) is 6.42. The minimum Gasteiger partial charge on any atom is -0.493 e. The molecule has 0 spiro atoms.